The lowest BCUT2D eigenvalue weighted by atomic mass is 10.1. The lowest BCUT2D eigenvalue weighted by Gasteiger charge is -2.17. The molecule has 3 rings (SSSR count). The van der Waals surface area contributed by atoms with Gasteiger partial charge in [-0.1, -0.05) is 0 Å². The van der Waals surface area contributed by atoms with Gasteiger partial charge in [-0.2, -0.15) is 0 Å². The minimum absolute atomic E-state index is 0. The number of carbonyl (C=O) groups is 2. The summed E-state index contributed by atoms with van der Waals surface area (Å²) in [6, 6.07) is 5.67. The SMILES string of the molecule is Cc1cc(C(=O)N2CCCC2)ccc1NC(=O)C1CCC(N)C1.Cl. The average molecular weight is 352 g/mol. The van der Waals surface area contributed by atoms with Gasteiger partial charge in [-0.15, -0.1) is 12.4 Å². The number of carbonyl (C=O) groups excluding carboxylic acids is 2. The zero-order valence-corrected chi connectivity index (χ0v) is 14.9. The predicted octanol–water partition coefficient (Wildman–Crippen LogP) is 2.72. The number of halogens is 1. The molecule has 0 bridgehead atoms. The monoisotopic (exact) mass is 351 g/mol. The molecule has 0 spiro atoms. The third-order valence-corrected chi connectivity index (χ3v) is 4.97. The van der Waals surface area contributed by atoms with E-state index in [0.717, 1.165) is 56.4 Å². The molecule has 5 nitrogen and oxygen atoms in total. The zero-order valence-electron chi connectivity index (χ0n) is 14.1. The molecule has 1 heterocycles. The molecule has 1 aromatic rings. The summed E-state index contributed by atoms with van der Waals surface area (Å²) in [5.41, 5.74) is 8.28. The molecule has 6 heteroatoms. The number of aryl methyl sites for hydroxylation is 1. The third-order valence-electron chi connectivity index (χ3n) is 4.97. The number of hydrogen-bond acceptors (Lipinski definition) is 3. The van der Waals surface area contributed by atoms with Crippen molar-refractivity contribution in [1.29, 1.82) is 0 Å². The van der Waals surface area contributed by atoms with Crippen LogP contribution in [0.4, 0.5) is 5.69 Å². The fourth-order valence-electron chi connectivity index (χ4n) is 3.53. The Balaban J connectivity index is 0.00000208. The van der Waals surface area contributed by atoms with Crippen LogP contribution >= 0.6 is 12.4 Å². The molecule has 2 unspecified atom stereocenters. The summed E-state index contributed by atoms with van der Waals surface area (Å²) in [5, 5.41) is 2.99. The molecule has 1 aliphatic heterocycles. The topological polar surface area (TPSA) is 75.4 Å². The van der Waals surface area contributed by atoms with Crippen LogP contribution in [0.1, 0.15) is 48.0 Å². The highest BCUT2D eigenvalue weighted by Gasteiger charge is 2.28. The Morgan fingerprint density at radius 2 is 1.92 bits per heavy atom. The molecule has 1 aromatic carbocycles. The average Bonchev–Trinajstić information content (AvgIpc) is 3.20. The summed E-state index contributed by atoms with van der Waals surface area (Å²) in [7, 11) is 0. The highest BCUT2D eigenvalue weighted by Crippen LogP contribution is 2.26. The van der Waals surface area contributed by atoms with Crippen LogP contribution in [-0.4, -0.2) is 35.8 Å². The first-order valence-electron chi connectivity index (χ1n) is 8.51. The first kappa shape index (κ1) is 18.7. The van der Waals surface area contributed by atoms with E-state index >= 15 is 0 Å². The maximum Gasteiger partial charge on any atom is 0.253 e. The Hall–Kier alpha value is -1.59. The molecule has 24 heavy (non-hydrogen) atoms. The van der Waals surface area contributed by atoms with Gasteiger partial charge in [0.2, 0.25) is 5.91 Å². The number of benzene rings is 1. The van der Waals surface area contributed by atoms with Gasteiger partial charge < -0.3 is 16.0 Å². The first-order chi connectivity index (χ1) is 11.0. The first-order valence-corrected chi connectivity index (χ1v) is 8.51. The number of rotatable bonds is 3. The number of nitrogens with zero attached hydrogens (tertiary/aromatic N) is 1. The fraction of sp³-hybridized carbons (Fsp3) is 0.556. The van der Waals surface area contributed by atoms with E-state index in [1.165, 1.54) is 0 Å². The second-order valence-electron chi connectivity index (χ2n) is 6.79. The number of anilines is 1. The van der Waals surface area contributed by atoms with Gasteiger partial charge in [0.25, 0.3) is 5.91 Å². The normalized spacial score (nSPS) is 23.0. The second kappa shape index (κ2) is 7.99. The van der Waals surface area contributed by atoms with Crippen LogP contribution < -0.4 is 11.1 Å². The molecule has 2 fully saturated rings. The van der Waals surface area contributed by atoms with Crippen molar-refractivity contribution in [2.75, 3.05) is 18.4 Å². The smallest absolute Gasteiger partial charge is 0.253 e. The number of nitrogens with one attached hydrogen (secondary N) is 1. The van der Waals surface area contributed by atoms with Crippen molar-refractivity contribution < 1.29 is 9.59 Å². The van der Waals surface area contributed by atoms with Gasteiger partial charge in [0, 0.05) is 36.3 Å². The van der Waals surface area contributed by atoms with Gasteiger partial charge in [-0.05, 0) is 62.8 Å². The molecule has 1 saturated carbocycles. The van der Waals surface area contributed by atoms with Crippen LogP contribution in [0.3, 0.4) is 0 Å². The molecule has 1 saturated heterocycles. The summed E-state index contributed by atoms with van der Waals surface area (Å²) in [5.74, 6) is 0.139. The predicted molar refractivity (Wildman–Crippen MR) is 97.5 cm³/mol. The molecule has 1 aliphatic carbocycles. The third kappa shape index (κ3) is 4.08. The van der Waals surface area contributed by atoms with Crippen LogP contribution in [0.15, 0.2) is 18.2 Å². The number of likely N-dealkylation sites (tertiary alicyclic amines) is 1. The van der Waals surface area contributed by atoms with Gasteiger partial charge in [0.1, 0.15) is 0 Å². The van der Waals surface area contributed by atoms with E-state index in [4.69, 9.17) is 5.73 Å². The Labute approximate surface area is 149 Å². The van der Waals surface area contributed by atoms with E-state index < -0.39 is 0 Å². The van der Waals surface area contributed by atoms with Crippen molar-refractivity contribution >= 4 is 29.9 Å². The summed E-state index contributed by atoms with van der Waals surface area (Å²) in [4.78, 5) is 26.6. The van der Waals surface area contributed by atoms with Gasteiger partial charge in [-0.25, -0.2) is 0 Å². The lowest BCUT2D eigenvalue weighted by molar-refractivity contribution is -0.119. The van der Waals surface area contributed by atoms with Crippen molar-refractivity contribution in [2.45, 2.75) is 45.1 Å². The minimum atomic E-state index is 0. The van der Waals surface area contributed by atoms with E-state index in [-0.39, 0.29) is 36.2 Å². The molecule has 2 aliphatic rings. The second-order valence-corrected chi connectivity index (χ2v) is 6.79. The standard InChI is InChI=1S/C18H25N3O2.ClH/c1-12-10-14(18(23)21-8-2-3-9-21)5-7-16(12)20-17(22)13-4-6-15(19)11-13;/h5,7,10,13,15H,2-4,6,8-9,11,19H2,1H3,(H,20,22);1H. The van der Waals surface area contributed by atoms with Crippen molar-refractivity contribution in [3.63, 3.8) is 0 Å². The van der Waals surface area contributed by atoms with Crippen LogP contribution in [0.25, 0.3) is 0 Å². The van der Waals surface area contributed by atoms with Crippen LogP contribution in [0, 0.1) is 12.8 Å². The van der Waals surface area contributed by atoms with Crippen molar-refractivity contribution in [3.05, 3.63) is 29.3 Å². The van der Waals surface area contributed by atoms with Crippen LogP contribution in [-0.2, 0) is 4.79 Å². The highest BCUT2D eigenvalue weighted by atomic mass is 35.5. The van der Waals surface area contributed by atoms with E-state index in [0.29, 0.717) is 5.56 Å². The highest BCUT2D eigenvalue weighted by molar-refractivity contribution is 5.97. The number of nitrogens with two attached hydrogens (primary N) is 1. The Morgan fingerprint density at radius 3 is 2.50 bits per heavy atom. The summed E-state index contributed by atoms with van der Waals surface area (Å²) in [6.07, 6.45) is 4.71. The van der Waals surface area contributed by atoms with E-state index in [2.05, 4.69) is 5.32 Å². The summed E-state index contributed by atoms with van der Waals surface area (Å²) in [6.45, 7) is 3.62. The van der Waals surface area contributed by atoms with Crippen LogP contribution in [0.5, 0.6) is 0 Å². The maximum atomic E-state index is 12.4. The summed E-state index contributed by atoms with van der Waals surface area (Å²) < 4.78 is 0. The molecule has 0 radical (unpaired) electrons. The molecular formula is C18H26ClN3O2. The minimum Gasteiger partial charge on any atom is -0.339 e. The molecule has 3 N–H and O–H groups in total. The molecule has 2 atom stereocenters. The van der Waals surface area contributed by atoms with Gasteiger partial charge in [0.05, 0.1) is 0 Å². The van der Waals surface area contributed by atoms with Crippen molar-refractivity contribution in [3.8, 4) is 0 Å². The van der Waals surface area contributed by atoms with Gasteiger partial charge in [0.15, 0.2) is 0 Å². The van der Waals surface area contributed by atoms with Crippen LogP contribution in [0.2, 0.25) is 0 Å². The van der Waals surface area contributed by atoms with Crippen molar-refractivity contribution in [2.24, 2.45) is 11.7 Å². The van der Waals surface area contributed by atoms with Gasteiger partial charge >= 0.3 is 0 Å². The maximum absolute atomic E-state index is 12.4. The van der Waals surface area contributed by atoms with Crippen molar-refractivity contribution in [1.82, 2.24) is 4.90 Å². The quantitative estimate of drug-likeness (QED) is 0.879. The van der Waals surface area contributed by atoms with E-state index in [9.17, 15) is 9.59 Å². The molecule has 132 valence electrons. The molecule has 2 amide bonds. The Kier molecular flexibility index (Phi) is 6.24. The Bertz CT molecular complexity index is 614. The number of hydrogen-bond donors (Lipinski definition) is 2. The van der Waals surface area contributed by atoms with E-state index in [1.54, 1.807) is 0 Å². The molecular weight excluding hydrogens is 326 g/mol. The van der Waals surface area contributed by atoms with Gasteiger partial charge in [-0.3, -0.25) is 9.59 Å². The fourth-order valence-corrected chi connectivity index (χ4v) is 3.53. The largest absolute Gasteiger partial charge is 0.339 e. The number of amides is 2. The summed E-state index contributed by atoms with van der Waals surface area (Å²) >= 11 is 0. The van der Waals surface area contributed by atoms with E-state index in [1.807, 2.05) is 30.0 Å². The lowest BCUT2D eigenvalue weighted by Crippen LogP contribution is -2.27. The molecule has 0 aromatic heterocycles. The Morgan fingerprint density at radius 1 is 1.21 bits per heavy atom. The zero-order chi connectivity index (χ0) is 16.4.